The summed E-state index contributed by atoms with van der Waals surface area (Å²) >= 11 is 0. The molecule has 0 aromatic rings. The minimum atomic E-state index is -2.77. The molecule has 0 aromatic heterocycles. The van der Waals surface area contributed by atoms with Gasteiger partial charge in [0.15, 0.2) is 0 Å². The van der Waals surface area contributed by atoms with Gasteiger partial charge in [0.25, 0.3) is 0 Å². The lowest BCUT2D eigenvalue weighted by Gasteiger charge is -2.27. The third kappa shape index (κ3) is 12.3. The predicted octanol–water partition coefficient (Wildman–Crippen LogP) is 4.56. The molecule has 0 heterocycles. The van der Waals surface area contributed by atoms with Crippen LogP contribution in [0.3, 0.4) is 0 Å². The average Bonchev–Trinajstić information content (AvgIpc) is 2.39. The van der Waals surface area contributed by atoms with Gasteiger partial charge in [-0.1, -0.05) is 51.9 Å². The predicted molar refractivity (Wildman–Crippen MR) is 81.5 cm³/mol. The molecule has 0 unspecified atom stereocenters. The Labute approximate surface area is 118 Å². The number of unbranched alkanes of at least 4 members (excludes halogenated alkanes) is 7. The molecule has 0 saturated heterocycles. The normalized spacial score (nSPS) is 12.8. The Morgan fingerprint density at radius 1 is 1.05 bits per heavy atom. The fraction of sp³-hybridized carbons (Fsp3) is 0.786. The molecule has 0 rings (SSSR count). The fourth-order valence-corrected chi connectivity index (χ4v) is 2.84. The number of hydrogen-bond acceptors (Lipinski definition) is 4. The topological polar surface area (TPSA) is 66.8 Å². The molecule has 5 heteroatoms. The van der Waals surface area contributed by atoms with Crippen molar-refractivity contribution < 1.29 is 18.6 Å². The highest BCUT2D eigenvalue weighted by Gasteiger charge is 2.08. The smallest absolute Gasteiger partial charge is 0.331 e. The van der Waals surface area contributed by atoms with E-state index in [0.29, 0.717) is 5.75 Å². The number of hydrogen-bond donors (Lipinski definition) is 2. The monoisotopic (exact) mass is 292 g/mol. The average molecular weight is 292 g/mol. The van der Waals surface area contributed by atoms with E-state index >= 15 is 0 Å². The second-order valence-corrected chi connectivity index (χ2v) is 6.84. The van der Waals surface area contributed by atoms with E-state index in [1.807, 2.05) is 0 Å². The number of carbonyl (C=O) groups is 1. The molecule has 2 N–H and O–H groups in total. The first kappa shape index (κ1) is 18.5. The summed E-state index contributed by atoms with van der Waals surface area (Å²) in [5, 5.41) is 1.17. The summed E-state index contributed by atoms with van der Waals surface area (Å²) in [6.45, 7) is 2.20. The second-order valence-electron chi connectivity index (χ2n) is 4.72. The summed E-state index contributed by atoms with van der Waals surface area (Å²) in [7, 11) is -1.51. The van der Waals surface area contributed by atoms with Gasteiger partial charge in [0.05, 0.1) is 7.11 Å². The molecule has 0 aliphatic heterocycles. The molecule has 0 atom stereocenters. The number of methoxy groups -OCH3 is 1. The van der Waals surface area contributed by atoms with Crippen molar-refractivity contribution in [2.24, 2.45) is 0 Å². The number of rotatable bonds is 11. The van der Waals surface area contributed by atoms with E-state index in [0.717, 1.165) is 25.3 Å². The van der Waals surface area contributed by atoms with Crippen LogP contribution in [-0.2, 0) is 9.53 Å². The first-order valence-corrected chi connectivity index (χ1v) is 8.81. The van der Waals surface area contributed by atoms with Crippen LogP contribution in [-0.4, -0.2) is 27.9 Å². The van der Waals surface area contributed by atoms with Crippen molar-refractivity contribution in [3.8, 4) is 0 Å². The summed E-state index contributed by atoms with van der Waals surface area (Å²) in [5.74, 6) is -0.231. The third-order valence-electron chi connectivity index (χ3n) is 2.92. The Balaban J connectivity index is 3.58. The van der Waals surface area contributed by atoms with Crippen molar-refractivity contribution in [1.82, 2.24) is 0 Å². The molecule has 19 heavy (non-hydrogen) atoms. The van der Waals surface area contributed by atoms with Crippen molar-refractivity contribution in [3.05, 3.63) is 11.5 Å². The van der Waals surface area contributed by atoms with Gasteiger partial charge in [-0.05, 0) is 6.42 Å². The maximum Gasteiger partial charge on any atom is 0.331 e. The van der Waals surface area contributed by atoms with Crippen LogP contribution >= 0.6 is 10.6 Å². The minimum Gasteiger partial charge on any atom is -0.466 e. The Morgan fingerprint density at radius 3 is 2.11 bits per heavy atom. The van der Waals surface area contributed by atoms with Gasteiger partial charge in [-0.2, -0.15) is 10.6 Å². The molecule has 0 spiro atoms. The molecule has 0 fully saturated rings. The second kappa shape index (κ2) is 11.3. The molecule has 0 aromatic carbocycles. The Morgan fingerprint density at radius 2 is 1.58 bits per heavy atom. The number of esters is 1. The zero-order chi connectivity index (χ0) is 14.6. The summed E-state index contributed by atoms with van der Waals surface area (Å²) in [6, 6.07) is 0. The van der Waals surface area contributed by atoms with Crippen molar-refractivity contribution >= 4 is 16.6 Å². The van der Waals surface area contributed by atoms with Crippen LogP contribution in [0.1, 0.15) is 58.3 Å². The SMILES string of the molecule is CCCCCCCCCCS(O)(O)/C=C/C(=O)OC. The zero-order valence-corrected chi connectivity index (χ0v) is 13.0. The number of ether oxygens (including phenoxy) is 1. The molecule has 0 aliphatic rings. The van der Waals surface area contributed by atoms with E-state index in [2.05, 4.69) is 11.7 Å². The van der Waals surface area contributed by atoms with Gasteiger partial charge in [0.1, 0.15) is 0 Å². The van der Waals surface area contributed by atoms with E-state index in [4.69, 9.17) is 0 Å². The number of carbonyl (C=O) groups excluding carboxylic acids is 1. The van der Waals surface area contributed by atoms with Crippen LogP contribution in [0.15, 0.2) is 11.5 Å². The van der Waals surface area contributed by atoms with Crippen LogP contribution in [0.4, 0.5) is 0 Å². The van der Waals surface area contributed by atoms with E-state index in [9.17, 15) is 13.9 Å². The van der Waals surface area contributed by atoms with E-state index in [-0.39, 0.29) is 0 Å². The van der Waals surface area contributed by atoms with E-state index in [1.165, 1.54) is 44.6 Å². The summed E-state index contributed by atoms with van der Waals surface area (Å²) < 4.78 is 23.8. The standard InChI is InChI=1S/C14H28O4S/c1-3-4-5-6-7-8-9-10-12-19(16,17)13-11-14(15)18-2/h11,13,16-17H,3-10,12H2,1-2H3/b13-11+. The Bertz CT molecular complexity index is 264. The molecule has 0 saturated carbocycles. The zero-order valence-electron chi connectivity index (χ0n) is 12.1. The van der Waals surface area contributed by atoms with Gasteiger partial charge in [-0.25, -0.2) is 4.79 Å². The largest absolute Gasteiger partial charge is 0.466 e. The van der Waals surface area contributed by atoms with E-state index in [1.54, 1.807) is 0 Å². The molecule has 114 valence electrons. The van der Waals surface area contributed by atoms with Crippen molar-refractivity contribution in [2.75, 3.05) is 12.9 Å². The highest BCUT2D eigenvalue weighted by molar-refractivity contribution is 8.26. The third-order valence-corrected chi connectivity index (χ3v) is 4.38. The summed E-state index contributed by atoms with van der Waals surface area (Å²) in [6.07, 6.45) is 10.4. The van der Waals surface area contributed by atoms with Crippen molar-refractivity contribution in [2.45, 2.75) is 58.3 Å². The molecule has 4 nitrogen and oxygen atoms in total. The van der Waals surface area contributed by atoms with Crippen LogP contribution in [0.5, 0.6) is 0 Å². The highest BCUT2D eigenvalue weighted by Crippen LogP contribution is 2.41. The maximum absolute atomic E-state index is 10.8. The van der Waals surface area contributed by atoms with E-state index < -0.39 is 16.6 Å². The van der Waals surface area contributed by atoms with Crippen LogP contribution in [0.2, 0.25) is 0 Å². The molecule has 0 amide bonds. The molecular weight excluding hydrogens is 264 g/mol. The van der Waals surface area contributed by atoms with Gasteiger partial charge in [-0.3, -0.25) is 9.11 Å². The lowest BCUT2D eigenvalue weighted by Crippen LogP contribution is -2.02. The maximum atomic E-state index is 10.8. The molecule has 0 radical (unpaired) electrons. The van der Waals surface area contributed by atoms with Crippen molar-refractivity contribution in [1.29, 1.82) is 0 Å². The van der Waals surface area contributed by atoms with Crippen molar-refractivity contribution in [3.63, 3.8) is 0 Å². The minimum absolute atomic E-state index is 0.329. The van der Waals surface area contributed by atoms with Crippen LogP contribution in [0.25, 0.3) is 0 Å². The quantitative estimate of drug-likeness (QED) is 0.333. The van der Waals surface area contributed by atoms with Crippen LogP contribution in [0, 0.1) is 0 Å². The fourth-order valence-electron chi connectivity index (χ4n) is 1.75. The Hall–Kier alpha value is -0.520. The summed E-state index contributed by atoms with van der Waals surface area (Å²) in [4.78, 5) is 10.8. The Kier molecular flexibility index (Phi) is 11.0. The molecule has 0 aliphatic carbocycles. The molecule has 0 bridgehead atoms. The first-order valence-electron chi connectivity index (χ1n) is 7.04. The van der Waals surface area contributed by atoms with Gasteiger partial charge in [0, 0.05) is 17.2 Å². The van der Waals surface area contributed by atoms with Gasteiger partial charge in [0.2, 0.25) is 0 Å². The van der Waals surface area contributed by atoms with Gasteiger partial charge in [-0.15, -0.1) is 0 Å². The van der Waals surface area contributed by atoms with Crippen LogP contribution < -0.4 is 0 Å². The lowest BCUT2D eigenvalue weighted by atomic mass is 10.1. The first-order chi connectivity index (χ1) is 9.02. The summed E-state index contributed by atoms with van der Waals surface area (Å²) in [5.41, 5.74) is 0. The van der Waals surface area contributed by atoms with Gasteiger partial charge >= 0.3 is 5.97 Å². The lowest BCUT2D eigenvalue weighted by molar-refractivity contribution is -0.134. The van der Waals surface area contributed by atoms with Gasteiger partial charge < -0.3 is 4.74 Å². The molecular formula is C14H28O4S. The highest BCUT2D eigenvalue weighted by atomic mass is 32.3.